The Balaban J connectivity index is 2.57. The molecular formula is C9H9F3N2O3. The van der Waals surface area contributed by atoms with Gasteiger partial charge in [-0.25, -0.2) is 4.57 Å². The highest BCUT2D eigenvalue weighted by atomic mass is 19.3. The van der Waals surface area contributed by atoms with Crippen molar-refractivity contribution >= 4 is 11.6 Å². The van der Waals surface area contributed by atoms with Gasteiger partial charge in [-0.1, -0.05) is 0 Å². The average Bonchev–Trinajstić information content (AvgIpc) is 2.62. The summed E-state index contributed by atoms with van der Waals surface area (Å²) in [4.78, 5) is 21.0. The number of hydrogen-bond donors (Lipinski definition) is 0. The van der Waals surface area contributed by atoms with Crippen LogP contribution in [0.15, 0.2) is 18.3 Å². The van der Waals surface area contributed by atoms with E-state index in [0.29, 0.717) is 0 Å². The first-order chi connectivity index (χ1) is 7.79. The van der Waals surface area contributed by atoms with E-state index in [0.717, 1.165) is 4.57 Å². The second kappa shape index (κ2) is 4.98. The van der Waals surface area contributed by atoms with Crippen molar-refractivity contribution in [1.82, 2.24) is 4.57 Å². The fourth-order valence-electron chi connectivity index (χ4n) is 1.25. The van der Waals surface area contributed by atoms with Gasteiger partial charge in [0.25, 0.3) is 0 Å². The Morgan fingerprint density at radius 3 is 2.65 bits per heavy atom. The van der Waals surface area contributed by atoms with Crippen LogP contribution in [0, 0.1) is 10.1 Å². The molecule has 0 atom stereocenters. The summed E-state index contributed by atoms with van der Waals surface area (Å²) >= 11 is 0. The molecule has 94 valence electrons. The highest BCUT2D eigenvalue weighted by molar-refractivity contribution is 5.78. The molecule has 0 amide bonds. The van der Waals surface area contributed by atoms with Crippen molar-refractivity contribution in [2.45, 2.75) is 25.6 Å². The van der Waals surface area contributed by atoms with E-state index >= 15 is 0 Å². The Morgan fingerprint density at radius 1 is 1.47 bits per heavy atom. The van der Waals surface area contributed by atoms with Gasteiger partial charge in [0, 0.05) is 12.5 Å². The predicted molar refractivity (Wildman–Crippen MR) is 51.4 cm³/mol. The molecule has 0 N–H and O–H groups in total. The summed E-state index contributed by atoms with van der Waals surface area (Å²) in [7, 11) is 0. The normalized spacial score (nSPS) is 11.5. The van der Waals surface area contributed by atoms with Gasteiger partial charge in [-0.2, -0.15) is 13.2 Å². The number of alkyl halides is 3. The van der Waals surface area contributed by atoms with Crippen LogP contribution in [0.1, 0.15) is 12.8 Å². The zero-order chi connectivity index (χ0) is 13.1. The van der Waals surface area contributed by atoms with E-state index in [-0.39, 0.29) is 5.82 Å². The fraction of sp³-hybridized carbons (Fsp3) is 0.444. The minimum absolute atomic E-state index is 0.314. The number of carbonyl (C=O) groups excluding carboxylic acids is 1. The minimum atomic E-state index is -4.39. The molecule has 1 aromatic heterocycles. The molecule has 0 spiro atoms. The molecule has 0 fully saturated rings. The maximum Gasteiger partial charge on any atom is 0.389 e. The van der Waals surface area contributed by atoms with Crippen LogP contribution in [0.25, 0.3) is 0 Å². The molecular weight excluding hydrogens is 240 g/mol. The summed E-state index contributed by atoms with van der Waals surface area (Å²) in [5.41, 5.74) is 0. The molecule has 5 nitrogen and oxygen atoms in total. The number of ketones is 1. The van der Waals surface area contributed by atoms with Crippen LogP contribution in [-0.2, 0) is 11.3 Å². The first-order valence-electron chi connectivity index (χ1n) is 4.67. The topological polar surface area (TPSA) is 65.1 Å². The van der Waals surface area contributed by atoms with Gasteiger partial charge in [-0.3, -0.25) is 4.79 Å². The van der Waals surface area contributed by atoms with Gasteiger partial charge >= 0.3 is 12.0 Å². The van der Waals surface area contributed by atoms with E-state index < -0.39 is 36.3 Å². The number of Topliss-reactive ketones (excluding diaryl/α,β-unsaturated/α-hetero) is 1. The zero-order valence-corrected chi connectivity index (χ0v) is 8.61. The highest BCUT2D eigenvalue weighted by Gasteiger charge is 2.28. The molecule has 0 aliphatic heterocycles. The number of carbonyl (C=O) groups is 1. The number of nitro groups is 1. The maximum atomic E-state index is 11.8. The lowest BCUT2D eigenvalue weighted by atomic mass is 10.2. The zero-order valence-electron chi connectivity index (χ0n) is 8.61. The SMILES string of the molecule is O=C(CCC(F)(F)[18F])Cn1cccc1[N+](=O)[O-]. The maximum absolute atomic E-state index is 11.8. The summed E-state index contributed by atoms with van der Waals surface area (Å²) in [5, 5.41) is 10.5. The summed E-state index contributed by atoms with van der Waals surface area (Å²) in [6.07, 6.45) is -4.98. The number of aromatic nitrogens is 1. The monoisotopic (exact) mass is 249 g/mol. The van der Waals surface area contributed by atoms with Crippen molar-refractivity contribution in [3.8, 4) is 0 Å². The second-order valence-corrected chi connectivity index (χ2v) is 3.41. The molecule has 0 unspecified atom stereocenters. The standard InChI is InChI=1S/C9H9F3N2O3/c10-9(11,12)4-3-7(15)6-13-5-1-2-8(13)14(16)17/h1-2,5H,3-4,6H2/i10-1. The van der Waals surface area contributed by atoms with Gasteiger partial charge in [0.1, 0.15) is 6.54 Å². The van der Waals surface area contributed by atoms with Gasteiger partial charge in [0.15, 0.2) is 5.78 Å². The van der Waals surface area contributed by atoms with Gasteiger partial charge in [-0.05, 0) is 11.0 Å². The summed E-state index contributed by atoms with van der Waals surface area (Å²) in [6.45, 7) is -0.417. The Kier molecular flexibility index (Phi) is 3.87. The lowest BCUT2D eigenvalue weighted by Gasteiger charge is -2.05. The molecule has 1 heterocycles. The van der Waals surface area contributed by atoms with Crippen molar-refractivity contribution in [3.63, 3.8) is 0 Å². The fourth-order valence-corrected chi connectivity index (χ4v) is 1.25. The molecule has 8 heteroatoms. The van der Waals surface area contributed by atoms with E-state index in [1.807, 2.05) is 0 Å². The van der Waals surface area contributed by atoms with Crippen LogP contribution in [0.2, 0.25) is 0 Å². The van der Waals surface area contributed by atoms with Crippen molar-refractivity contribution in [1.29, 1.82) is 0 Å². The largest absolute Gasteiger partial charge is 0.389 e. The molecule has 0 aliphatic carbocycles. The smallest absolute Gasteiger partial charge is 0.358 e. The first kappa shape index (κ1) is 13.2. The van der Waals surface area contributed by atoms with E-state index in [1.165, 1.54) is 18.3 Å². The van der Waals surface area contributed by atoms with Crippen LogP contribution >= 0.6 is 0 Å². The van der Waals surface area contributed by atoms with Crippen molar-refractivity contribution < 1.29 is 22.9 Å². The molecule has 0 aromatic carbocycles. The Labute approximate surface area is 94.0 Å². The van der Waals surface area contributed by atoms with Crippen molar-refractivity contribution in [2.75, 3.05) is 0 Å². The molecule has 1 aromatic rings. The van der Waals surface area contributed by atoms with Crippen molar-refractivity contribution in [2.24, 2.45) is 0 Å². The van der Waals surface area contributed by atoms with E-state index in [2.05, 4.69) is 0 Å². The third-order valence-electron chi connectivity index (χ3n) is 2.03. The van der Waals surface area contributed by atoms with Crippen LogP contribution < -0.4 is 0 Å². The molecule has 0 aliphatic rings. The number of rotatable bonds is 5. The number of hydrogen-bond acceptors (Lipinski definition) is 3. The van der Waals surface area contributed by atoms with E-state index in [4.69, 9.17) is 0 Å². The number of halogens is 3. The summed E-state index contributed by atoms with van der Waals surface area (Å²) < 4.78 is 36.5. The third-order valence-corrected chi connectivity index (χ3v) is 2.03. The van der Waals surface area contributed by atoms with Crippen LogP contribution in [0.5, 0.6) is 0 Å². The predicted octanol–water partition coefficient (Wildman–Crippen LogP) is 2.31. The molecule has 0 saturated carbocycles. The van der Waals surface area contributed by atoms with Crippen LogP contribution in [0.4, 0.5) is 19.0 Å². The van der Waals surface area contributed by atoms with Gasteiger partial charge < -0.3 is 10.1 Å². The molecule has 0 radical (unpaired) electrons. The summed E-state index contributed by atoms with van der Waals surface area (Å²) in [5.74, 6) is -1.01. The van der Waals surface area contributed by atoms with Gasteiger partial charge in [0.2, 0.25) is 0 Å². The average molecular weight is 249 g/mol. The van der Waals surface area contributed by atoms with E-state index in [9.17, 15) is 28.1 Å². The van der Waals surface area contributed by atoms with Crippen LogP contribution in [0.3, 0.4) is 0 Å². The Bertz CT molecular complexity index is 425. The van der Waals surface area contributed by atoms with Gasteiger partial charge in [-0.15, -0.1) is 0 Å². The summed E-state index contributed by atoms with van der Waals surface area (Å²) in [6, 6.07) is 2.53. The Morgan fingerprint density at radius 2 is 2.12 bits per heavy atom. The lowest BCUT2D eigenvalue weighted by molar-refractivity contribution is -0.391. The third kappa shape index (κ3) is 4.25. The van der Waals surface area contributed by atoms with E-state index in [1.54, 1.807) is 0 Å². The lowest BCUT2D eigenvalue weighted by Crippen LogP contribution is -2.15. The van der Waals surface area contributed by atoms with Crippen LogP contribution in [-0.4, -0.2) is 21.4 Å². The quantitative estimate of drug-likeness (QED) is 0.594. The Hall–Kier alpha value is -1.86. The second-order valence-electron chi connectivity index (χ2n) is 3.41. The van der Waals surface area contributed by atoms with Crippen molar-refractivity contribution in [3.05, 3.63) is 28.4 Å². The number of nitrogens with zero attached hydrogens (tertiary/aromatic N) is 2. The molecule has 0 saturated heterocycles. The van der Waals surface area contributed by atoms with Gasteiger partial charge in [0.05, 0.1) is 12.6 Å². The minimum Gasteiger partial charge on any atom is -0.358 e. The first-order valence-corrected chi connectivity index (χ1v) is 4.67. The molecule has 1 rings (SSSR count). The molecule has 17 heavy (non-hydrogen) atoms. The molecule has 0 bridgehead atoms. The highest BCUT2D eigenvalue weighted by Crippen LogP contribution is 2.22.